The Balaban J connectivity index is 0.00000289. The van der Waals surface area contributed by atoms with E-state index in [2.05, 4.69) is 4.98 Å². The number of aryl methyl sites for hydroxylation is 1. The fourth-order valence-corrected chi connectivity index (χ4v) is 7.61. The van der Waals surface area contributed by atoms with Gasteiger partial charge in [0, 0.05) is 16.0 Å². The smallest absolute Gasteiger partial charge is 0.546 e. The van der Waals surface area contributed by atoms with E-state index < -0.39 is 27.7 Å². The maximum absolute atomic E-state index is 14.0. The van der Waals surface area contributed by atoms with E-state index in [1.807, 2.05) is 66.7 Å². The van der Waals surface area contributed by atoms with E-state index in [9.17, 15) is 18.3 Å². The number of carbonyl (C=O) groups excluding carboxylic acids is 1. The molecule has 6 nitrogen and oxygen atoms in total. The third-order valence-corrected chi connectivity index (χ3v) is 9.37. The molecule has 0 saturated carbocycles. The second-order valence-corrected chi connectivity index (χ2v) is 11.2. The van der Waals surface area contributed by atoms with Gasteiger partial charge in [-0.1, -0.05) is 72.8 Å². The minimum Gasteiger partial charge on any atom is -0.546 e. The standard InChI is InChI=1S/C26H21NO5S2.Na/c28-23(29)16-32-21-13-7-12-20-19(21)14-15-22-24(20)27-26(33-22)34(30,31)25(17-8-3-1-4-9-17)18-10-5-2-6-11-18;/h1-13,25H,14-16H2,(H,28,29);/q;+1/p-1. The molecule has 172 valence electrons. The number of carbonyl (C=O) groups is 1. The van der Waals surface area contributed by atoms with Crippen molar-refractivity contribution in [1.29, 1.82) is 0 Å². The first-order chi connectivity index (χ1) is 16.4. The van der Waals surface area contributed by atoms with E-state index in [0.29, 0.717) is 35.4 Å². The molecule has 9 heteroatoms. The molecule has 1 heterocycles. The average molecular weight is 514 g/mol. The van der Waals surface area contributed by atoms with Crippen LogP contribution in [0.5, 0.6) is 5.75 Å². The van der Waals surface area contributed by atoms with Crippen LogP contribution in [0.25, 0.3) is 11.3 Å². The van der Waals surface area contributed by atoms with E-state index in [0.717, 1.165) is 16.0 Å². The van der Waals surface area contributed by atoms with Crippen LogP contribution in [0.2, 0.25) is 0 Å². The summed E-state index contributed by atoms with van der Waals surface area (Å²) in [5, 5.41) is 9.96. The van der Waals surface area contributed by atoms with E-state index in [1.165, 1.54) is 11.3 Å². The summed E-state index contributed by atoms with van der Waals surface area (Å²) in [6.07, 6.45) is 1.20. The van der Waals surface area contributed by atoms with Gasteiger partial charge in [-0.3, -0.25) is 0 Å². The Bertz CT molecular complexity index is 1410. The number of thiazole rings is 1. The second-order valence-electron chi connectivity index (χ2n) is 7.94. The van der Waals surface area contributed by atoms with Crippen molar-refractivity contribution in [3.05, 3.63) is 100 Å². The molecule has 4 aromatic rings. The zero-order valence-corrected chi connectivity index (χ0v) is 22.6. The molecule has 0 radical (unpaired) electrons. The molecule has 1 aliphatic carbocycles. The topological polar surface area (TPSA) is 96.4 Å². The molecule has 3 aromatic carbocycles. The predicted octanol–water partition coefficient (Wildman–Crippen LogP) is 0.605. The van der Waals surface area contributed by atoms with Gasteiger partial charge in [-0.2, -0.15) is 0 Å². The maximum Gasteiger partial charge on any atom is 1.00 e. The van der Waals surface area contributed by atoms with Crippen LogP contribution >= 0.6 is 11.3 Å². The van der Waals surface area contributed by atoms with Gasteiger partial charge in [-0.15, -0.1) is 11.3 Å². The van der Waals surface area contributed by atoms with Crippen molar-refractivity contribution < 1.29 is 52.6 Å². The summed E-state index contributed by atoms with van der Waals surface area (Å²) >= 11 is 1.20. The number of carboxylic acid groups (broad SMARTS) is 1. The minimum atomic E-state index is -3.85. The zero-order valence-electron chi connectivity index (χ0n) is 19.0. The van der Waals surface area contributed by atoms with Crippen molar-refractivity contribution in [2.24, 2.45) is 0 Å². The molecular formula is C26H20NNaO5S2. The van der Waals surface area contributed by atoms with Gasteiger partial charge in [0.25, 0.3) is 0 Å². The van der Waals surface area contributed by atoms with E-state index >= 15 is 0 Å². The van der Waals surface area contributed by atoms with Gasteiger partial charge >= 0.3 is 29.6 Å². The van der Waals surface area contributed by atoms with Crippen LogP contribution < -0.4 is 39.4 Å². The Morgan fingerprint density at radius 2 is 1.57 bits per heavy atom. The Hall–Kier alpha value is -2.49. The number of rotatable bonds is 7. The van der Waals surface area contributed by atoms with Crippen LogP contribution in [-0.4, -0.2) is 26.0 Å². The summed E-state index contributed by atoms with van der Waals surface area (Å²) in [6.45, 7) is -0.546. The van der Waals surface area contributed by atoms with Crippen molar-refractivity contribution in [2.75, 3.05) is 6.61 Å². The molecule has 1 aliphatic rings. The molecule has 35 heavy (non-hydrogen) atoms. The second kappa shape index (κ2) is 10.6. The first-order valence-electron chi connectivity index (χ1n) is 10.7. The molecule has 0 spiro atoms. The molecule has 0 atom stereocenters. The number of sulfone groups is 1. The Kier molecular flexibility index (Phi) is 7.78. The van der Waals surface area contributed by atoms with Gasteiger partial charge in [0.1, 0.15) is 17.6 Å². The Morgan fingerprint density at radius 3 is 2.17 bits per heavy atom. The average Bonchev–Trinajstić information content (AvgIpc) is 3.30. The fourth-order valence-electron chi connectivity index (χ4n) is 4.29. The number of aliphatic carboxylic acids is 1. The molecule has 0 saturated heterocycles. The number of nitrogens with zero attached hydrogens (tertiary/aromatic N) is 1. The largest absolute Gasteiger partial charge is 1.00 e. The number of carboxylic acids is 1. The van der Waals surface area contributed by atoms with Crippen LogP contribution in [0, 0.1) is 0 Å². The van der Waals surface area contributed by atoms with Crippen molar-refractivity contribution >= 4 is 27.1 Å². The van der Waals surface area contributed by atoms with Crippen molar-refractivity contribution in [3.63, 3.8) is 0 Å². The molecule has 0 fully saturated rings. The third kappa shape index (κ3) is 5.08. The van der Waals surface area contributed by atoms with Crippen LogP contribution in [0.15, 0.2) is 83.2 Å². The van der Waals surface area contributed by atoms with Gasteiger partial charge in [0.15, 0.2) is 0 Å². The van der Waals surface area contributed by atoms with Crippen molar-refractivity contribution in [1.82, 2.24) is 4.98 Å². The van der Waals surface area contributed by atoms with Crippen LogP contribution in [0.4, 0.5) is 0 Å². The summed E-state index contributed by atoms with van der Waals surface area (Å²) in [6, 6.07) is 23.6. The normalized spacial score (nSPS) is 12.4. The molecule has 0 unspecified atom stereocenters. The van der Waals surface area contributed by atoms with Gasteiger partial charge < -0.3 is 14.6 Å². The molecule has 0 bridgehead atoms. The number of hydrogen-bond donors (Lipinski definition) is 0. The monoisotopic (exact) mass is 513 g/mol. The SMILES string of the molecule is O=C([O-])COc1cccc2c1CCc1sc(S(=O)(=O)C(c3ccccc3)c3ccccc3)nc1-2.[Na+]. The number of benzene rings is 3. The number of fused-ring (bicyclic) bond motifs is 3. The summed E-state index contributed by atoms with van der Waals surface area (Å²) in [5.41, 5.74) is 3.57. The minimum absolute atomic E-state index is 0. The van der Waals surface area contributed by atoms with Gasteiger partial charge in [0.2, 0.25) is 14.2 Å². The molecule has 1 aromatic heterocycles. The van der Waals surface area contributed by atoms with Crippen LogP contribution in [0.3, 0.4) is 0 Å². The van der Waals surface area contributed by atoms with E-state index in [4.69, 9.17) is 4.74 Å². The summed E-state index contributed by atoms with van der Waals surface area (Å²) < 4.78 is 33.4. The Morgan fingerprint density at radius 1 is 0.943 bits per heavy atom. The van der Waals surface area contributed by atoms with Crippen LogP contribution in [0.1, 0.15) is 26.8 Å². The van der Waals surface area contributed by atoms with Crippen LogP contribution in [-0.2, 0) is 27.5 Å². The molecular weight excluding hydrogens is 493 g/mol. The molecule has 0 aliphatic heterocycles. The summed E-state index contributed by atoms with van der Waals surface area (Å²) in [7, 11) is -3.85. The number of aromatic nitrogens is 1. The fraction of sp³-hybridized carbons (Fsp3) is 0.154. The van der Waals surface area contributed by atoms with Gasteiger partial charge in [-0.05, 0) is 30.0 Å². The van der Waals surface area contributed by atoms with E-state index in [-0.39, 0.29) is 33.9 Å². The Labute approximate surface area is 229 Å². The first-order valence-corrected chi connectivity index (χ1v) is 13.1. The summed E-state index contributed by atoms with van der Waals surface area (Å²) in [5.74, 6) is -0.847. The molecule has 0 amide bonds. The van der Waals surface area contributed by atoms with Crippen molar-refractivity contribution in [2.45, 2.75) is 22.4 Å². The van der Waals surface area contributed by atoms with Crippen molar-refractivity contribution in [3.8, 4) is 17.0 Å². The predicted molar refractivity (Wildman–Crippen MR) is 127 cm³/mol. The molecule has 0 N–H and O–H groups in total. The maximum atomic E-state index is 14.0. The third-order valence-electron chi connectivity index (χ3n) is 5.77. The zero-order chi connectivity index (χ0) is 23.7. The number of ether oxygens (including phenoxy) is 1. The van der Waals surface area contributed by atoms with Gasteiger partial charge in [-0.25, -0.2) is 13.4 Å². The van der Waals surface area contributed by atoms with E-state index in [1.54, 1.807) is 12.1 Å². The quantitative estimate of drug-likeness (QED) is 0.336. The first kappa shape index (κ1) is 25.6. The van der Waals surface area contributed by atoms with Gasteiger partial charge in [0.05, 0.1) is 11.7 Å². The summed E-state index contributed by atoms with van der Waals surface area (Å²) in [4.78, 5) is 16.3. The molecule has 5 rings (SSSR count). The number of hydrogen-bond acceptors (Lipinski definition) is 7.